The second-order valence-corrected chi connectivity index (χ2v) is 8.54. The predicted molar refractivity (Wildman–Crippen MR) is 102 cm³/mol. The lowest BCUT2D eigenvalue weighted by Crippen LogP contribution is -2.42. The number of carbonyl (C=O) groups is 3. The van der Waals surface area contributed by atoms with Crippen LogP contribution in [0.4, 0.5) is 0 Å². The molecule has 0 spiro atoms. The summed E-state index contributed by atoms with van der Waals surface area (Å²) in [5.74, 6) is -1.28. The molecule has 9 heteroatoms. The highest BCUT2D eigenvalue weighted by Crippen LogP contribution is 2.13. The third-order valence-corrected chi connectivity index (χ3v) is 5.97. The summed E-state index contributed by atoms with van der Waals surface area (Å²) in [6, 6.07) is 5.38. The first-order valence-corrected chi connectivity index (χ1v) is 10.8. The molecule has 0 saturated carbocycles. The number of Topliss-reactive ketones (excluding diaryl/α,β-unsaturated/α-hetero) is 1. The second-order valence-electron chi connectivity index (χ2n) is 6.78. The molecule has 1 aliphatic heterocycles. The number of nitrogens with one attached hydrogen (secondary N) is 1. The minimum Gasteiger partial charge on any atom is -0.452 e. The van der Waals surface area contributed by atoms with Gasteiger partial charge in [-0.05, 0) is 38.8 Å². The Morgan fingerprint density at radius 2 is 1.64 bits per heavy atom. The lowest BCUT2D eigenvalue weighted by atomic mass is 10.2. The largest absolute Gasteiger partial charge is 0.452 e. The Hall–Kier alpha value is -2.26. The van der Waals surface area contributed by atoms with Crippen molar-refractivity contribution < 1.29 is 27.5 Å². The van der Waals surface area contributed by atoms with E-state index in [1.807, 2.05) is 0 Å². The van der Waals surface area contributed by atoms with Crippen LogP contribution < -0.4 is 4.72 Å². The van der Waals surface area contributed by atoms with Crippen molar-refractivity contribution >= 4 is 27.7 Å². The summed E-state index contributed by atoms with van der Waals surface area (Å²) in [7, 11) is -3.94. The van der Waals surface area contributed by atoms with Gasteiger partial charge in [0.25, 0.3) is 5.91 Å². The van der Waals surface area contributed by atoms with Crippen molar-refractivity contribution in [2.45, 2.75) is 50.5 Å². The van der Waals surface area contributed by atoms with Crippen molar-refractivity contribution in [1.29, 1.82) is 0 Å². The van der Waals surface area contributed by atoms with Crippen LogP contribution in [0.25, 0.3) is 0 Å². The lowest BCUT2D eigenvalue weighted by molar-refractivity contribution is -0.158. The van der Waals surface area contributed by atoms with Gasteiger partial charge in [0, 0.05) is 18.7 Å². The Kier molecular flexibility index (Phi) is 7.70. The van der Waals surface area contributed by atoms with E-state index in [1.54, 1.807) is 4.90 Å². The molecule has 1 heterocycles. The summed E-state index contributed by atoms with van der Waals surface area (Å²) in [5.41, 5.74) is 0.388. The molecule has 1 saturated heterocycles. The molecule has 1 atom stereocenters. The average Bonchev–Trinajstić information content (AvgIpc) is 2.95. The summed E-state index contributed by atoms with van der Waals surface area (Å²) in [5, 5.41) is 0. The number of benzene rings is 1. The molecule has 1 N–H and O–H groups in total. The smallest absolute Gasteiger partial charge is 0.321 e. The molecule has 1 unspecified atom stereocenters. The van der Waals surface area contributed by atoms with Crippen molar-refractivity contribution in [3.63, 3.8) is 0 Å². The Balaban J connectivity index is 1.88. The molecule has 1 aliphatic rings. The molecule has 1 amide bonds. The number of sulfonamides is 1. The molecule has 2 rings (SSSR count). The van der Waals surface area contributed by atoms with Gasteiger partial charge in [-0.3, -0.25) is 14.4 Å². The molecule has 1 aromatic rings. The van der Waals surface area contributed by atoms with Gasteiger partial charge in [-0.1, -0.05) is 25.0 Å². The summed E-state index contributed by atoms with van der Waals surface area (Å²) < 4.78 is 31.7. The van der Waals surface area contributed by atoms with E-state index in [9.17, 15) is 22.8 Å². The zero-order valence-corrected chi connectivity index (χ0v) is 17.0. The lowest BCUT2D eigenvalue weighted by Gasteiger charge is -2.24. The van der Waals surface area contributed by atoms with Crippen LogP contribution in [-0.2, 0) is 24.3 Å². The van der Waals surface area contributed by atoms with Gasteiger partial charge in [0.2, 0.25) is 10.0 Å². The number of esters is 1. The van der Waals surface area contributed by atoms with E-state index >= 15 is 0 Å². The predicted octanol–water partition coefficient (Wildman–Crippen LogP) is 1.50. The van der Waals surface area contributed by atoms with Gasteiger partial charge in [0.1, 0.15) is 6.54 Å². The number of likely N-dealkylation sites (tertiary alicyclic amines) is 1. The summed E-state index contributed by atoms with van der Waals surface area (Å²) in [6.07, 6.45) is 3.04. The molecular weight excluding hydrogens is 384 g/mol. The normalized spacial score (nSPS) is 16.1. The maximum absolute atomic E-state index is 12.4. The van der Waals surface area contributed by atoms with E-state index in [2.05, 4.69) is 4.72 Å². The van der Waals surface area contributed by atoms with Crippen LogP contribution in [0.15, 0.2) is 29.2 Å². The molecule has 0 aliphatic carbocycles. The van der Waals surface area contributed by atoms with Gasteiger partial charge in [-0.15, -0.1) is 0 Å². The SMILES string of the molecule is CC(=O)c1ccc(S(=O)(=O)NCC(=O)OC(C)C(=O)N2CCCCCC2)cc1. The summed E-state index contributed by atoms with van der Waals surface area (Å²) >= 11 is 0. The zero-order chi connectivity index (χ0) is 20.7. The van der Waals surface area contributed by atoms with Crippen molar-refractivity contribution in [3.8, 4) is 0 Å². The van der Waals surface area contributed by atoms with Gasteiger partial charge in [0.15, 0.2) is 11.9 Å². The van der Waals surface area contributed by atoms with Crippen LogP contribution in [0.3, 0.4) is 0 Å². The van der Waals surface area contributed by atoms with Crippen LogP contribution in [0.5, 0.6) is 0 Å². The van der Waals surface area contributed by atoms with E-state index in [4.69, 9.17) is 4.74 Å². The topological polar surface area (TPSA) is 110 Å². The number of amides is 1. The maximum atomic E-state index is 12.4. The van der Waals surface area contributed by atoms with E-state index in [-0.39, 0.29) is 16.6 Å². The monoisotopic (exact) mass is 410 g/mol. The molecule has 0 aromatic heterocycles. The number of hydrogen-bond acceptors (Lipinski definition) is 6. The Morgan fingerprint density at radius 3 is 2.18 bits per heavy atom. The third-order valence-electron chi connectivity index (χ3n) is 4.55. The molecular formula is C19H26N2O6S. The highest BCUT2D eigenvalue weighted by molar-refractivity contribution is 7.89. The number of ketones is 1. The van der Waals surface area contributed by atoms with E-state index in [0.29, 0.717) is 18.7 Å². The third kappa shape index (κ3) is 6.13. The fourth-order valence-corrected chi connectivity index (χ4v) is 3.91. The molecule has 1 fully saturated rings. The van der Waals surface area contributed by atoms with Crippen LogP contribution >= 0.6 is 0 Å². The Bertz CT molecular complexity index is 811. The highest BCUT2D eigenvalue weighted by atomic mass is 32.2. The second kappa shape index (κ2) is 9.79. The average molecular weight is 410 g/mol. The minimum atomic E-state index is -3.94. The van der Waals surface area contributed by atoms with E-state index in [0.717, 1.165) is 25.7 Å². The number of ether oxygens (including phenoxy) is 1. The van der Waals surface area contributed by atoms with Gasteiger partial charge >= 0.3 is 5.97 Å². The molecule has 8 nitrogen and oxygen atoms in total. The molecule has 0 radical (unpaired) electrons. The van der Waals surface area contributed by atoms with Crippen molar-refractivity contribution in [3.05, 3.63) is 29.8 Å². The van der Waals surface area contributed by atoms with E-state index < -0.39 is 28.6 Å². The van der Waals surface area contributed by atoms with Crippen molar-refractivity contribution in [2.75, 3.05) is 19.6 Å². The highest BCUT2D eigenvalue weighted by Gasteiger charge is 2.25. The van der Waals surface area contributed by atoms with E-state index in [1.165, 1.54) is 38.1 Å². The van der Waals surface area contributed by atoms with Gasteiger partial charge in [0.05, 0.1) is 4.90 Å². The van der Waals surface area contributed by atoms with Crippen LogP contribution in [-0.4, -0.2) is 56.7 Å². The fraction of sp³-hybridized carbons (Fsp3) is 0.526. The Morgan fingerprint density at radius 1 is 1.07 bits per heavy atom. The number of rotatable bonds is 7. The summed E-state index contributed by atoms with van der Waals surface area (Å²) in [6.45, 7) is 3.56. The first kappa shape index (κ1) is 22.0. The standard InChI is InChI=1S/C19H26N2O6S/c1-14(22)16-7-9-17(10-8-16)28(25,26)20-13-18(23)27-15(2)19(24)21-11-5-3-4-6-12-21/h7-10,15,20H,3-6,11-13H2,1-2H3. The fourth-order valence-electron chi connectivity index (χ4n) is 2.94. The number of carbonyl (C=O) groups excluding carboxylic acids is 3. The minimum absolute atomic E-state index is 0.0704. The van der Waals surface area contributed by atoms with Crippen LogP contribution in [0, 0.1) is 0 Å². The quantitative estimate of drug-likeness (QED) is 0.539. The van der Waals surface area contributed by atoms with Gasteiger partial charge in [-0.25, -0.2) is 8.42 Å². The van der Waals surface area contributed by atoms with Gasteiger partial charge in [-0.2, -0.15) is 4.72 Å². The number of hydrogen-bond donors (Lipinski definition) is 1. The first-order chi connectivity index (χ1) is 13.2. The number of nitrogens with zero attached hydrogens (tertiary/aromatic N) is 1. The molecule has 0 bridgehead atoms. The molecule has 1 aromatic carbocycles. The Labute approximate surface area is 165 Å². The first-order valence-electron chi connectivity index (χ1n) is 9.29. The van der Waals surface area contributed by atoms with Crippen LogP contribution in [0.2, 0.25) is 0 Å². The maximum Gasteiger partial charge on any atom is 0.321 e. The molecule has 154 valence electrons. The summed E-state index contributed by atoms with van der Waals surface area (Å²) in [4.78, 5) is 37.2. The van der Waals surface area contributed by atoms with Gasteiger partial charge < -0.3 is 9.64 Å². The van der Waals surface area contributed by atoms with Crippen molar-refractivity contribution in [2.24, 2.45) is 0 Å². The molecule has 28 heavy (non-hydrogen) atoms. The zero-order valence-electron chi connectivity index (χ0n) is 16.1. The van der Waals surface area contributed by atoms with Crippen LogP contribution in [0.1, 0.15) is 49.9 Å². The van der Waals surface area contributed by atoms with Crippen molar-refractivity contribution in [1.82, 2.24) is 9.62 Å².